The average Bonchev–Trinajstić information content (AvgIpc) is 2.61. The monoisotopic (exact) mass is 267 g/mol. The van der Waals surface area contributed by atoms with E-state index in [9.17, 15) is 0 Å². The summed E-state index contributed by atoms with van der Waals surface area (Å²) in [6.07, 6.45) is 5.24. The topological polar surface area (TPSA) is 12.0 Å². The second kappa shape index (κ2) is 7.11. The van der Waals surface area contributed by atoms with Crippen molar-refractivity contribution in [3.05, 3.63) is 0 Å². The van der Waals surface area contributed by atoms with Gasteiger partial charge in [0.2, 0.25) is 0 Å². The Kier molecular flexibility index (Phi) is 6.36. The lowest BCUT2D eigenvalue weighted by Crippen LogP contribution is -2.45. The molecule has 1 heteroatoms. The third-order valence-corrected chi connectivity index (χ3v) is 5.74. The molecule has 1 aliphatic carbocycles. The molecule has 0 aromatic rings. The lowest BCUT2D eigenvalue weighted by atomic mass is 9.79. The minimum Gasteiger partial charge on any atom is -0.311 e. The van der Waals surface area contributed by atoms with Crippen LogP contribution in [0, 0.1) is 29.6 Å². The second-order valence-corrected chi connectivity index (χ2v) is 7.72. The molecular weight excluding hydrogens is 230 g/mol. The Morgan fingerprint density at radius 2 is 1.79 bits per heavy atom. The fourth-order valence-electron chi connectivity index (χ4n) is 4.51. The van der Waals surface area contributed by atoms with Crippen molar-refractivity contribution >= 4 is 0 Å². The summed E-state index contributed by atoms with van der Waals surface area (Å²) < 4.78 is 0. The van der Waals surface area contributed by atoms with Crippen LogP contribution in [0.1, 0.15) is 74.1 Å². The molecule has 0 saturated heterocycles. The van der Waals surface area contributed by atoms with Gasteiger partial charge in [-0.05, 0) is 62.3 Å². The minimum absolute atomic E-state index is 0.349. The zero-order valence-corrected chi connectivity index (χ0v) is 14.4. The number of rotatable bonds is 7. The van der Waals surface area contributed by atoms with Gasteiger partial charge in [-0.1, -0.05) is 48.0 Å². The van der Waals surface area contributed by atoms with E-state index in [-0.39, 0.29) is 0 Å². The smallest absolute Gasteiger partial charge is 0.0150 e. The highest BCUT2D eigenvalue weighted by atomic mass is 15.0. The van der Waals surface area contributed by atoms with E-state index >= 15 is 0 Å². The SMILES string of the molecule is CCCC(C)(CC)NCC1C(C)CC(C)C1C(C)C. The summed E-state index contributed by atoms with van der Waals surface area (Å²) in [6.45, 7) is 18.0. The van der Waals surface area contributed by atoms with Crippen molar-refractivity contribution < 1.29 is 0 Å². The highest BCUT2D eigenvalue weighted by Crippen LogP contribution is 2.45. The average molecular weight is 268 g/mol. The normalized spacial score (nSPS) is 34.7. The van der Waals surface area contributed by atoms with Gasteiger partial charge in [0, 0.05) is 5.54 Å². The van der Waals surface area contributed by atoms with Crippen molar-refractivity contribution in [2.75, 3.05) is 6.54 Å². The molecule has 1 saturated carbocycles. The molecule has 19 heavy (non-hydrogen) atoms. The van der Waals surface area contributed by atoms with Gasteiger partial charge in [-0.3, -0.25) is 0 Å². The number of hydrogen-bond acceptors (Lipinski definition) is 1. The molecule has 0 radical (unpaired) electrons. The molecule has 5 unspecified atom stereocenters. The van der Waals surface area contributed by atoms with Gasteiger partial charge in [0.05, 0.1) is 0 Å². The minimum atomic E-state index is 0.349. The van der Waals surface area contributed by atoms with Gasteiger partial charge in [0.15, 0.2) is 0 Å². The lowest BCUT2D eigenvalue weighted by Gasteiger charge is -2.35. The van der Waals surface area contributed by atoms with Crippen LogP contribution >= 0.6 is 0 Å². The molecular formula is C18H37N. The molecule has 0 spiro atoms. The summed E-state index contributed by atoms with van der Waals surface area (Å²) in [5.74, 6) is 4.40. The third kappa shape index (κ3) is 4.21. The maximum Gasteiger partial charge on any atom is 0.0150 e. The van der Waals surface area contributed by atoms with E-state index in [1.165, 1.54) is 32.2 Å². The van der Waals surface area contributed by atoms with Gasteiger partial charge in [0.1, 0.15) is 0 Å². The van der Waals surface area contributed by atoms with Crippen LogP contribution in [-0.4, -0.2) is 12.1 Å². The summed E-state index contributed by atoms with van der Waals surface area (Å²) in [6, 6.07) is 0. The highest BCUT2D eigenvalue weighted by molar-refractivity contribution is 4.92. The fraction of sp³-hybridized carbons (Fsp3) is 1.00. The van der Waals surface area contributed by atoms with Gasteiger partial charge in [-0.2, -0.15) is 0 Å². The Hall–Kier alpha value is -0.0400. The van der Waals surface area contributed by atoms with Crippen LogP contribution in [0.25, 0.3) is 0 Å². The lowest BCUT2D eigenvalue weighted by molar-refractivity contribution is 0.194. The molecule has 1 aliphatic rings. The Morgan fingerprint density at radius 3 is 2.26 bits per heavy atom. The number of nitrogens with one attached hydrogen (secondary N) is 1. The number of hydrogen-bond donors (Lipinski definition) is 1. The van der Waals surface area contributed by atoms with Crippen LogP contribution in [-0.2, 0) is 0 Å². The molecule has 0 aromatic heterocycles. The van der Waals surface area contributed by atoms with E-state index in [2.05, 4.69) is 53.8 Å². The van der Waals surface area contributed by atoms with Gasteiger partial charge in [-0.15, -0.1) is 0 Å². The standard InChI is InChI=1S/C18H37N/c1-8-10-18(7,9-2)19-12-16-14(5)11-15(6)17(16)13(3)4/h13-17,19H,8-12H2,1-7H3. The van der Waals surface area contributed by atoms with Gasteiger partial charge in [-0.25, -0.2) is 0 Å². The molecule has 0 bridgehead atoms. The third-order valence-electron chi connectivity index (χ3n) is 5.74. The Balaban J connectivity index is 2.63. The van der Waals surface area contributed by atoms with Crippen molar-refractivity contribution in [3.63, 3.8) is 0 Å². The molecule has 114 valence electrons. The molecule has 5 atom stereocenters. The van der Waals surface area contributed by atoms with E-state index in [0.717, 1.165) is 29.6 Å². The summed E-state index contributed by atoms with van der Waals surface area (Å²) in [4.78, 5) is 0. The van der Waals surface area contributed by atoms with Crippen LogP contribution in [0.15, 0.2) is 0 Å². The maximum atomic E-state index is 3.92. The van der Waals surface area contributed by atoms with Crippen LogP contribution in [0.3, 0.4) is 0 Å². The van der Waals surface area contributed by atoms with Crippen LogP contribution in [0.2, 0.25) is 0 Å². The van der Waals surface area contributed by atoms with Gasteiger partial charge in [0.25, 0.3) is 0 Å². The molecule has 0 heterocycles. The largest absolute Gasteiger partial charge is 0.311 e. The fourth-order valence-corrected chi connectivity index (χ4v) is 4.51. The van der Waals surface area contributed by atoms with E-state index < -0.39 is 0 Å². The van der Waals surface area contributed by atoms with E-state index in [1.807, 2.05) is 0 Å². The van der Waals surface area contributed by atoms with Crippen LogP contribution in [0.5, 0.6) is 0 Å². The predicted octanol–water partition coefficient (Wildman–Crippen LogP) is 5.11. The molecule has 1 rings (SSSR count). The van der Waals surface area contributed by atoms with E-state index in [4.69, 9.17) is 0 Å². The Morgan fingerprint density at radius 1 is 1.16 bits per heavy atom. The van der Waals surface area contributed by atoms with Crippen molar-refractivity contribution in [2.45, 2.75) is 79.7 Å². The molecule has 1 N–H and O–H groups in total. The molecule has 1 fully saturated rings. The van der Waals surface area contributed by atoms with Crippen molar-refractivity contribution in [1.29, 1.82) is 0 Å². The molecule has 0 aromatic carbocycles. The summed E-state index contributed by atoms with van der Waals surface area (Å²) in [5.41, 5.74) is 0.349. The first kappa shape index (κ1) is 17.0. The van der Waals surface area contributed by atoms with Crippen molar-refractivity contribution in [1.82, 2.24) is 5.32 Å². The Bertz CT molecular complexity index is 260. The first-order chi connectivity index (χ1) is 8.84. The Labute approximate surface area is 121 Å². The van der Waals surface area contributed by atoms with Crippen LogP contribution in [0.4, 0.5) is 0 Å². The molecule has 0 aliphatic heterocycles. The zero-order chi connectivity index (χ0) is 14.6. The maximum absolute atomic E-state index is 3.92. The molecule has 0 amide bonds. The first-order valence-electron chi connectivity index (χ1n) is 8.59. The first-order valence-corrected chi connectivity index (χ1v) is 8.59. The summed E-state index contributed by atoms with van der Waals surface area (Å²) in [5, 5.41) is 3.92. The van der Waals surface area contributed by atoms with E-state index in [0.29, 0.717) is 5.54 Å². The van der Waals surface area contributed by atoms with E-state index in [1.54, 1.807) is 0 Å². The molecule has 1 nitrogen and oxygen atoms in total. The quantitative estimate of drug-likeness (QED) is 0.676. The zero-order valence-electron chi connectivity index (χ0n) is 14.4. The predicted molar refractivity (Wildman–Crippen MR) is 86.4 cm³/mol. The van der Waals surface area contributed by atoms with Crippen molar-refractivity contribution in [3.8, 4) is 0 Å². The second-order valence-electron chi connectivity index (χ2n) is 7.72. The van der Waals surface area contributed by atoms with Crippen LogP contribution < -0.4 is 5.32 Å². The van der Waals surface area contributed by atoms with Gasteiger partial charge < -0.3 is 5.32 Å². The summed E-state index contributed by atoms with van der Waals surface area (Å²) >= 11 is 0. The van der Waals surface area contributed by atoms with Crippen molar-refractivity contribution in [2.24, 2.45) is 29.6 Å². The summed E-state index contributed by atoms with van der Waals surface area (Å²) in [7, 11) is 0. The highest BCUT2D eigenvalue weighted by Gasteiger charge is 2.40. The van der Waals surface area contributed by atoms with Gasteiger partial charge >= 0.3 is 0 Å².